The minimum atomic E-state index is -0.645. The molecule has 0 radical (unpaired) electrons. The number of halogens is 2. The van der Waals surface area contributed by atoms with Crippen molar-refractivity contribution in [3.8, 4) is 0 Å². The van der Waals surface area contributed by atoms with Crippen molar-refractivity contribution >= 4 is 23.4 Å². The number of carbonyl (C=O) groups is 2. The van der Waals surface area contributed by atoms with Crippen molar-refractivity contribution in [1.82, 2.24) is 10.2 Å². The third-order valence-electron chi connectivity index (χ3n) is 4.23. The predicted molar refractivity (Wildman–Crippen MR) is 105 cm³/mol. The standard InChI is InChI=1S/C21H24ClFN2O2/c1-3-11-24-21(27)15(2)25(14-16-7-9-19(23)10-8-16)20(26)13-17-5-4-6-18(22)12-17/h4-10,12,15H,3,11,13-14H2,1-2H3,(H,24,27). The fourth-order valence-electron chi connectivity index (χ4n) is 2.69. The Morgan fingerprint density at radius 2 is 1.85 bits per heavy atom. The molecule has 0 heterocycles. The van der Waals surface area contributed by atoms with Gasteiger partial charge in [0.15, 0.2) is 0 Å². The Hall–Kier alpha value is -2.40. The lowest BCUT2D eigenvalue weighted by Gasteiger charge is -2.29. The summed E-state index contributed by atoms with van der Waals surface area (Å²) in [6.45, 7) is 4.44. The quantitative estimate of drug-likeness (QED) is 0.741. The molecule has 0 aliphatic heterocycles. The molecule has 2 amide bonds. The fourth-order valence-corrected chi connectivity index (χ4v) is 2.90. The van der Waals surface area contributed by atoms with Crippen LogP contribution >= 0.6 is 11.6 Å². The molecule has 1 N–H and O–H groups in total. The van der Waals surface area contributed by atoms with Gasteiger partial charge in [-0.2, -0.15) is 0 Å². The van der Waals surface area contributed by atoms with E-state index in [0.29, 0.717) is 11.6 Å². The van der Waals surface area contributed by atoms with E-state index in [2.05, 4.69) is 5.32 Å². The summed E-state index contributed by atoms with van der Waals surface area (Å²) in [4.78, 5) is 26.9. The molecular weight excluding hydrogens is 367 g/mol. The van der Waals surface area contributed by atoms with E-state index in [0.717, 1.165) is 17.5 Å². The molecule has 2 aromatic rings. The molecule has 4 nitrogen and oxygen atoms in total. The minimum Gasteiger partial charge on any atom is -0.354 e. The molecular formula is C21H24ClFN2O2. The summed E-state index contributed by atoms with van der Waals surface area (Å²) in [5, 5.41) is 3.38. The largest absolute Gasteiger partial charge is 0.354 e. The molecule has 0 saturated carbocycles. The first-order valence-electron chi connectivity index (χ1n) is 8.96. The van der Waals surface area contributed by atoms with Crippen molar-refractivity contribution < 1.29 is 14.0 Å². The van der Waals surface area contributed by atoms with Gasteiger partial charge in [-0.1, -0.05) is 42.8 Å². The number of nitrogens with one attached hydrogen (secondary N) is 1. The summed E-state index contributed by atoms with van der Waals surface area (Å²) in [5.74, 6) is -0.747. The molecule has 1 atom stereocenters. The highest BCUT2D eigenvalue weighted by atomic mass is 35.5. The highest BCUT2D eigenvalue weighted by Gasteiger charge is 2.26. The van der Waals surface area contributed by atoms with Crippen LogP contribution in [-0.2, 0) is 22.6 Å². The summed E-state index contributed by atoms with van der Waals surface area (Å²) < 4.78 is 13.2. The zero-order valence-electron chi connectivity index (χ0n) is 15.5. The van der Waals surface area contributed by atoms with Gasteiger partial charge < -0.3 is 10.2 Å². The monoisotopic (exact) mass is 390 g/mol. The number of hydrogen-bond donors (Lipinski definition) is 1. The van der Waals surface area contributed by atoms with Gasteiger partial charge in [-0.25, -0.2) is 4.39 Å². The molecule has 2 rings (SSSR count). The second-order valence-corrected chi connectivity index (χ2v) is 6.86. The average molecular weight is 391 g/mol. The van der Waals surface area contributed by atoms with E-state index < -0.39 is 6.04 Å². The molecule has 0 aromatic heterocycles. The van der Waals surface area contributed by atoms with Crippen LogP contribution in [0.1, 0.15) is 31.4 Å². The number of amides is 2. The zero-order valence-corrected chi connectivity index (χ0v) is 16.3. The van der Waals surface area contributed by atoms with Gasteiger partial charge in [0, 0.05) is 18.1 Å². The molecule has 0 saturated heterocycles. The molecule has 27 heavy (non-hydrogen) atoms. The summed E-state index contributed by atoms with van der Waals surface area (Å²) in [6.07, 6.45) is 0.944. The second-order valence-electron chi connectivity index (χ2n) is 6.42. The van der Waals surface area contributed by atoms with Gasteiger partial charge in [0.25, 0.3) is 0 Å². The Bertz CT molecular complexity index is 780. The minimum absolute atomic E-state index is 0.132. The maximum Gasteiger partial charge on any atom is 0.242 e. The second kappa shape index (κ2) is 10.1. The van der Waals surface area contributed by atoms with Gasteiger partial charge in [-0.05, 0) is 48.7 Å². The van der Waals surface area contributed by atoms with Crippen LogP contribution in [0.4, 0.5) is 4.39 Å². The van der Waals surface area contributed by atoms with Crippen molar-refractivity contribution in [2.24, 2.45) is 0 Å². The number of nitrogens with zero attached hydrogens (tertiary/aromatic N) is 1. The number of rotatable bonds is 8. The number of hydrogen-bond acceptors (Lipinski definition) is 2. The van der Waals surface area contributed by atoms with Gasteiger partial charge in [0.1, 0.15) is 11.9 Å². The first kappa shape index (κ1) is 20.9. The summed E-state index contributed by atoms with van der Waals surface area (Å²) in [6, 6.07) is 12.4. The molecule has 0 fully saturated rings. The lowest BCUT2D eigenvalue weighted by Crippen LogP contribution is -2.48. The van der Waals surface area contributed by atoms with Crippen LogP contribution in [0, 0.1) is 5.82 Å². The third-order valence-corrected chi connectivity index (χ3v) is 4.46. The zero-order chi connectivity index (χ0) is 19.8. The van der Waals surface area contributed by atoms with E-state index in [9.17, 15) is 14.0 Å². The predicted octanol–water partition coefficient (Wildman–Crippen LogP) is 3.97. The van der Waals surface area contributed by atoms with E-state index in [1.54, 1.807) is 37.3 Å². The lowest BCUT2D eigenvalue weighted by molar-refractivity contribution is -0.140. The van der Waals surface area contributed by atoms with Crippen LogP contribution in [0.25, 0.3) is 0 Å². The summed E-state index contributed by atoms with van der Waals surface area (Å²) >= 11 is 6.00. The Labute approximate surface area is 164 Å². The fraction of sp³-hybridized carbons (Fsp3) is 0.333. The molecule has 0 aliphatic carbocycles. The van der Waals surface area contributed by atoms with Gasteiger partial charge in [-0.3, -0.25) is 9.59 Å². The Balaban J connectivity index is 2.20. The van der Waals surface area contributed by atoms with Crippen LogP contribution in [0.15, 0.2) is 48.5 Å². The Morgan fingerprint density at radius 1 is 1.15 bits per heavy atom. The first-order chi connectivity index (χ1) is 12.9. The highest BCUT2D eigenvalue weighted by molar-refractivity contribution is 6.30. The topological polar surface area (TPSA) is 49.4 Å². The van der Waals surface area contributed by atoms with E-state index in [1.165, 1.54) is 17.0 Å². The van der Waals surface area contributed by atoms with E-state index in [-0.39, 0.29) is 30.6 Å². The van der Waals surface area contributed by atoms with Crippen molar-refractivity contribution in [1.29, 1.82) is 0 Å². The SMILES string of the molecule is CCCNC(=O)C(C)N(Cc1ccc(F)cc1)C(=O)Cc1cccc(Cl)c1. The van der Waals surface area contributed by atoms with Crippen LogP contribution in [0.2, 0.25) is 5.02 Å². The van der Waals surface area contributed by atoms with Crippen LogP contribution in [0.5, 0.6) is 0 Å². The van der Waals surface area contributed by atoms with E-state index >= 15 is 0 Å². The van der Waals surface area contributed by atoms with Gasteiger partial charge in [0.2, 0.25) is 11.8 Å². The van der Waals surface area contributed by atoms with Gasteiger partial charge in [0.05, 0.1) is 6.42 Å². The summed E-state index contributed by atoms with van der Waals surface area (Å²) in [5.41, 5.74) is 1.53. The Kier molecular flexibility index (Phi) is 7.80. The van der Waals surface area contributed by atoms with Gasteiger partial charge >= 0.3 is 0 Å². The first-order valence-corrected chi connectivity index (χ1v) is 9.34. The number of benzene rings is 2. The normalized spacial score (nSPS) is 11.7. The van der Waals surface area contributed by atoms with Crippen molar-refractivity contribution in [3.63, 3.8) is 0 Å². The average Bonchev–Trinajstić information content (AvgIpc) is 2.65. The van der Waals surface area contributed by atoms with Gasteiger partial charge in [-0.15, -0.1) is 0 Å². The molecule has 6 heteroatoms. The molecule has 0 spiro atoms. The van der Waals surface area contributed by atoms with Crippen molar-refractivity contribution in [2.45, 2.75) is 39.3 Å². The lowest BCUT2D eigenvalue weighted by atomic mass is 10.1. The molecule has 2 aromatic carbocycles. The molecule has 1 unspecified atom stereocenters. The van der Waals surface area contributed by atoms with E-state index in [4.69, 9.17) is 11.6 Å². The molecule has 144 valence electrons. The van der Waals surface area contributed by atoms with Crippen molar-refractivity contribution in [2.75, 3.05) is 6.54 Å². The van der Waals surface area contributed by atoms with Crippen LogP contribution in [-0.4, -0.2) is 29.3 Å². The Morgan fingerprint density at radius 3 is 2.48 bits per heavy atom. The van der Waals surface area contributed by atoms with Crippen LogP contribution in [0.3, 0.4) is 0 Å². The third kappa shape index (κ3) is 6.36. The smallest absolute Gasteiger partial charge is 0.242 e. The maximum atomic E-state index is 13.2. The summed E-state index contributed by atoms with van der Waals surface area (Å²) in [7, 11) is 0. The van der Waals surface area contributed by atoms with E-state index in [1.807, 2.05) is 13.0 Å². The van der Waals surface area contributed by atoms with Crippen LogP contribution < -0.4 is 5.32 Å². The highest BCUT2D eigenvalue weighted by Crippen LogP contribution is 2.15. The number of carbonyl (C=O) groups excluding carboxylic acids is 2. The molecule has 0 bridgehead atoms. The molecule has 0 aliphatic rings. The maximum absolute atomic E-state index is 13.2. The van der Waals surface area contributed by atoms with Crippen molar-refractivity contribution in [3.05, 3.63) is 70.5 Å².